The summed E-state index contributed by atoms with van der Waals surface area (Å²) in [6.45, 7) is 3.15. The molecule has 0 radical (unpaired) electrons. The maximum absolute atomic E-state index is 9.55. The molecule has 0 saturated carbocycles. The summed E-state index contributed by atoms with van der Waals surface area (Å²) in [6.07, 6.45) is 8.79. The Bertz CT molecular complexity index is 711. The predicted octanol–water partition coefficient (Wildman–Crippen LogP) is 2.51. The molecule has 1 aromatic carbocycles. The van der Waals surface area contributed by atoms with Gasteiger partial charge in [-0.05, 0) is 37.3 Å². The number of aryl methyl sites for hydroxylation is 1. The summed E-state index contributed by atoms with van der Waals surface area (Å²) in [6, 6.07) is 8.71. The number of hydrogen-bond donors (Lipinski definition) is 3. The topological polar surface area (TPSA) is 99.0 Å². The lowest BCUT2D eigenvalue weighted by Crippen LogP contribution is -2.40. The van der Waals surface area contributed by atoms with Gasteiger partial charge in [0, 0.05) is 12.2 Å². The molecule has 0 bridgehead atoms. The number of nitrogens with one attached hydrogen (secondary N) is 1. The predicted molar refractivity (Wildman–Crippen MR) is 96.7 cm³/mol. The van der Waals surface area contributed by atoms with Gasteiger partial charge in [-0.15, -0.1) is 0 Å². The van der Waals surface area contributed by atoms with Crippen LogP contribution in [0.1, 0.15) is 30.9 Å². The van der Waals surface area contributed by atoms with Gasteiger partial charge in [-0.3, -0.25) is 4.99 Å². The summed E-state index contributed by atoms with van der Waals surface area (Å²) < 4.78 is 0. The first-order chi connectivity index (χ1) is 11.9. The van der Waals surface area contributed by atoms with Crippen molar-refractivity contribution >= 4 is 24.4 Å². The number of carboxylic acid groups (broad SMARTS) is 2. The van der Waals surface area contributed by atoms with Crippen molar-refractivity contribution in [3.05, 3.63) is 53.1 Å². The van der Waals surface area contributed by atoms with Crippen LogP contribution in [0, 0.1) is 0 Å². The van der Waals surface area contributed by atoms with Crippen LogP contribution >= 0.6 is 0 Å². The number of nitrogens with zero attached hydrogens (tertiary/aromatic N) is 1. The molecule has 0 amide bonds. The Kier molecular flexibility index (Phi) is 6.11. The van der Waals surface area contributed by atoms with Crippen LogP contribution < -0.4 is 5.32 Å². The van der Waals surface area contributed by atoms with Crippen molar-refractivity contribution in [2.45, 2.75) is 31.7 Å². The fourth-order valence-electron chi connectivity index (χ4n) is 2.87. The van der Waals surface area contributed by atoms with E-state index in [1.165, 1.54) is 24.0 Å². The van der Waals surface area contributed by atoms with Gasteiger partial charge in [-0.2, -0.15) is 0 Å². The van der Waals surface area contributed by atoms with Gasteiger partial charge in [-0.1, -0.05) is 35.9 Å². The van der Waals surface area contributed by atoms with Crippen molar-refractivity contribution in [2.75, 3.05) is 6.54 Å². The maximum atomic E-state index is 9.55. The number of rotatable bonds is 4. The van der Waals surface area contributed by atoms with Crippen LogP contribution in [0.25, 0.3) is 6.08 Å². The molecule has 0 aromatic heterocycles. The Labute approximate surface area is 146 Å². The van der Waals surface area contributed by atoms with E-state index in [4.69, 9.17) is 10.2 Å². The number of aliphatic carboxylic acids is 2. The van der Waals surface area contributed by atoms with Crippen LogP contribution in [-0.2, 0) is 16.0 Å². The van der Waals surface area contributed by atoms with Crippen LogP contribution in [0.15, 0.2) is 47.0 Å². The Morgan fingerprint density at radius 3 is 2.48 bits per heavy atom. The molecule has 3 rings (SSSR count). The minimum Gasteiger partial charge on any atom is -0.478 e. The molecule has 6 nitrogen and oxygen atoms in total. The highest BCUT2D eigenvalue weighted by atomic mass is 16.4. The van der Waals surface area contributed by atoms with Gasteiger partial charge in [0.1, 0.15) is 0 Å². The third-order valence-corrected chi connectivity index (χ3v) is 4.06. The number of aliphatic imine (C=N–C) groups is 1. The number of fused-ring (bicyclic) bond motifs is 1. The summed E-state index contributed by atoms with van der Waals surface area (Å²) in [7, 11) is 0. The summed E-state index contributed by atoms with van der Waals surface area (Å²) in [5, 5.41) is 19.0. The van der Waals surface area contributed by atoms with Gasteiger partial charge in [0.05, 0.1) is 18.4 Å². The van der Waals surface area contributed by atoms with Crippen LogP contribution in [0.3, 0.4) is 0 Å². The fraction of sp³-hybridized carbons (Fsp3) is 0.316. The molecule has 0 saturated heterocycles. The van der Waals surface area contributed by atoms with E-state index in [-0.39, 0.29) is 5.54 Å². The van der Waals surface area contributed by atoms with Gasteiger partial charge in [0.2, 0.25) is 0 Å². The van der Waals surface area contributed by atoms with E-state index < -0.39 is 11.9 Å². The van der Waals surface area contributed by atoms with Crippen LogP contribution in [0.4, 0.5) is 0 Å². The molecule has 3 N–H and O–H groups in total. The molecule has 6 heteroatoms. The van der Waals surface area contributed by atoms with E-state index in [2.05, 4.69) is 47.6 Å². The molecular weight excluding hydrogens is 320 g/mol. The molecule has 1 unspecified atom stereocenters. The molecule has 1 aliphatic carbocycles. The lowest BCUT2D eigenvalue weighted by molar-refractivity contribution is -0.134. The minimum atomic E-state index is -1.26. The zero-order chi connectivity index (χ0) is 18.3. The standard InChI is InChI=1S/C15H18N2.C4H4O4/c1-15(10-16-11-17-15)9-12-6-7-13-4-2-3-5-14(13)8-12;5-3(6)1-2-4(7)8/h2-5,8,11H,6-7,9-10H2,1H3,(H,16,17);1-2H,(H,5,6)(H,7,8)/b;2-1+. The normalized spacial score (nSPS) is 20.9. The molecule has 2 aliphatic rings. The number of carbonyl (C=O) groups is 2. The summed E-state index contributed by atoms with van der Waals surface area (Å²) >= 11 is 0. The molecule has 1 atom stereocenters. The first-order valence-corrected chi connectivity index (χ1v) is 8.05. The zero-order valence-electron chi connectivity index (χ0n) is 14.1. The monoisotopic (exact) mass is 342 g/mol. The summed E-state index contributed by atoms with van der Waals surface area (Å²) in [5.41, 5.74) is 4.57. The van der Waals surface area contributed by atoms with Gasteiger partial charge in [0.15, 0.2) is 0 Å². The Balaban J connectivity index is 0.000000242. The van der Waals surface area contributed by atoms with Crippen molar-refractivity contribution in [1.29, 1.82) is 0 Å². The Morgan fingerprint density at radius 1 is 1.20 bits per heavy atom. The second-order valence-corrected chi connectivity index (χ2v) is 6.36. The molecule has 132 valence electrons. The molecule has 1 heterocycles. The molecule has 1 aliphatic heterocycles. The molecule has 25 heavy (non-hydrogen) atoms. The van der Waals surface area contributed by atoms with Gasteiger partial charge >= 0.3 is 11.9 Å². The van der Waals surface area contributed by atoms with Crippen molar-refractivity contribution in [1.82, 2.24) is 5.32 Å². The number of hydrogen-bond acceptors (Lipinski definition) is 4. The average Bonchev–Trinajstić information content (AvgIpc) is 2.99. The quantitative estimate of drug-likeness (QED) is 0.730. The number of benzene rings is 1. The molecule has 0 fully saturated rings. The van der Waals surface area contributed by atoms with Crippen molar-refractivity contribution in [2.24, 2.45) is 4.99 Å². The summed E-state index contributed by atoms with van der Waals surface area (Å²) in [4.78, 5) is 23.4. The van der Waals surface area contributed by atoms with Gasteiger partial charge in [-0.25, -0.2) is 9.59 Å². The maximum Gasteiger partial charge on any atom is 0.328 e. The largest absolute Gasteiger partial charge is 0.478 e. The first-order valence-electron chi connectivity index (χ1n) is 8.05. The third-order valence-electron chi connectivity index (χ3n) is 4.06. The minimum absolute atomic E-state index is 0.137. The van der Waals surface area contributed by atoms with E-state index in [1.54, 1.807) is 5.57 Å². The van der Waals surface area contributed by atoms with Crippen molar-refractivity contribution < 1.29 is 19.8 Å². The van der Waals surface area contributed by atoms with E-state index in [9.17, 15) is 9.59 Å². The lowest BCUT2D eigenvalue weighted by Gasteiger charge is -2.27. The highest BCUT2D eigenvalue weighted by molar-refractivity contribution is 5.89. The molecule has 1 aromatic rings. The number of carboxylic acids is 2. The summed E-state index contributed by atoms with van der Waals surface area (Å²) in [5.74, 6) is -2.51. The van der Waals surface area contributed by atoms with Gasteiger partial charge in [0.25, 0.3) is 0 Å². The van der Waals surface area contributed by atoms with Crippen LogP contribution in [0.2, 0.25) is 0 Å². The first kappa shape index (κ1) is 18.4. The average molecular weight is 342 g/mol. The zero-order valence-corrected chi connectivity index (χ0v) is 14.1. The van der Waals surface area contributed by atoms with Crippen molar-refractivity contribution in [3.8, 4) is 0 Å². The molecular formula is C19H22N2O4. The van der Waals surface area contributed by atoms with E-state index in [0.29, 0.717) is 12.2 Å². The fourth-order valence-corrected chi connectivity index (χ4v) is 2.87. The van der Waals surface area contributed by atoms with Crippen LogP contribution in [-0.4, -0.2) is 40.6 Å². The van der Waals surface area contributed by atoms with Gasteiger partial charge < -0.3 is 15.5 Å². The Morgan fingerprint density at radius 2 is 1.88 bits per heavy atom. The van der Waals surface area contributed by atoms with Crippen LogP contribution in [0.5, 0.6) is 0 Å². The second-order valence-electron chi connectivity index (χ2n) is 6.36. The highest BCUT2D eigenvalue weighted by Crippen LogP contribution is 2.29. The smallest absolute Gasteiger partial charge is 0.328 e. The SMILES string of the molecule is CC1(CC2=Cc3ccccc3CC2)CN=CN1.O=C(O)/C=C/C(=O)O. The second kappa shape index (κ2) is 8.28. The lowest BCUT2D eigenvalue weighted by atomic mass is 9.85. The highest BCUT2D eigenvalue weighted by Gasteiger charge is 2.27. The van der Waals surface area contributed by atoms with E-state index >= 15 is 0 Å². The van der Waals surface area contributed by atoms with E-state index in [0.717, 1.165) is 13.0 Å². The van der Waals surface area contributed by atoms with E-state index in [1.807, 2.05) is 6.34 Å². The Hall–Kier alpha value is -2.89. The third kappa shape index (κ3) is 5.91. The van der Waals surface area contributed by atoms with Crippen molar-refractivity contribution in [3.63, 3.8) is 0 Å². The molecule has 0 spiro atoms.